The van der Waals surface area contributed by atoms with Crippen molar-refractivity contribution in [2.75, 3.05) is 19.5 Å². The predicted octanol–water partition coefficient (Wildman–Crippen LogP) is 4.07. The summed E-state index contributed by atoms with van der Waals surface area (Å²) in [5, 5.41) is 0. The van der Waals surface area contributed by atoms with E-state index in [1.54, 1.807) is 12.1 Å². The number of benzene rings is 1. The molecule has 4 nitrogen and oxygen atoms in total. The number of anilines is 1. The maximum atomic E-state index is 14.5. The third-order valence-electron chi connectivity index (χ3n) is 5.90. The number of nitrogens with two attached hydrogens (primary N) is 1. The van der Waals surface area contributed by atoms with Crippen molar-refractivity contribution in [2.45, 2.75) is 51.6 Å². The van der Waals surface area contributed by atoms with Crippen molar-refractivity contribution < 1.29 is 18.7 Å². The van der Waals surface area contributed by atoms with E-state index in [4.69, 9.17) is 15.2 Å². The van der Waals surface area contributed by atoms with Gasteiger partial charge in [0.05, 0.1) is 25.0 Å². The van der Waals surface area contributed by atoms with Crippen LogP contribution in [0.25, 0.3) is 0 Å². The van der Waals surface area contributed by atoms with Gasteiger partial charge in [-0.1, -0.05) is 20.3 Å². The Bertz CT molecular complexity index is 730. The molecule has 1 aliphatic carbocycles. The minimum absolute atomic E-state index is 0.00455. The van der Waals surface area contributed by atoms with Crippen LogP contribution in [-0.2, 0) is 16.0 Å². The fraction of sp³-hybridized carbons (Fsp3) is 0.571. The number of allylic oxidation sites excluding steroid dienone is 1. The molecule has 0 radical (unpaired) electrons. The molecule has 3 rings (SSSR count). The summed E-state index contributed by atoms with van der Waals surface area (Å²) in [5.41, 5.74) is 7.56. The molecule has 1 aromatic carbocycles. The number of ketones is 1. The van der Waals surface area contributed by atoms with Crippen LogP contribution in [0.1, 0.15) is 45.1 Å². The molecular weight excluding hydrogens is 333 g/mol. The molecule has 1 fully saturated rings. The number of rotatable bonds is 6. The zero-order valence-electron chi connectivity index (χ0n) is 15.8. The Morgan fingerprint density at radius 1 is 1.46 bits per heavy atom. The van der Waals surface area contributed by atoms with Crippen molar-refractivity contribution in [2.24, 2.45) is 11.8 Å². The number of ether oxygens (including phenoxy) is 2. The molecule has 3 atom stereocenters. The molecule has 0 bridgehead atoms. The van der Waals surface area contributed by atoms with Crippen molar-refractivity contribution in [1.82, 2.24) is 0 Å². The summed E-state index contributed by atoms with van der Waals surface area (Å²) in [6, 6.07) is 2.99. The van der Waals surface area contributed by atoms with Gasteiger partial charge in [-0.2, -0.15) is 0 Å². The summed E-state index contributed by atoms with van der Waals surface area (Å²) >= 11 is 0. The van der Waals surface area contributed by atoms with Gasteiger partial charge >= 0.3 is 0 Å². The SMILES string of the molecule is CCC[C@H]1C[C@]2(C(C)Cc3cc(N)c(OC)cc3F)OCCC2=CC1=O. The van der Waals surface area contributed by atoms with Crippen molar-refractivity contribution in [1.29, 1.82) is 0 Å². The van der Waals surface area contributed by atoms with Gasteiger partial charge in [-0.15, -0.1) is 0 Å². The number of hydrogen-bond acceptors (Lipinski definition) is 4. The van der Waals surface area contributed by atoms with E-state index in [-0.39, 0.29) is 23.4 Å². The van der Waals surface area contributed by atoms with Crippen molar-refractivity contribution in [3.05, 3.63) is 35.2 Å². The second kappa shape index (κ2) is 7.39. The summed E-state index contributed by atoms with van der Waals surface area (Å²) in [7, 11) is 1.47. The largest absolute Gasteiger partial charge is 0.494 e. The number of carbonyl (C=O) groups excluding carboxylic acids is 1. The first kappa shape index (κ1) is 18.9. The van der Waals surface area contributed by atoms with E-state index < -0.39 is 5.60 Å². The number of hydrogen-bond donors (Lipinski definition) is 1. The highest BCUT2D eigenvalue weighted by molar-refractivity contribution is 5.94. The van der Waals surface area contributed by atoms with Crippen LogP contribution in [0.4, 0.5) is 10.1 Å². The summed E-state index contributed by atoms with van der Waals surface area (Å²) in [5.74, 6) is 0.289. The number of carbonyl (C=O) groups is 1. The molecule has 1 unspecified atom stereocenters. The molecule has 1 saturated heterocycles. The third-order valence-corrected chi connectivity index (χ3v) is 5.90. The molecule has 1 aromatic rings. The number of fused-ring (bicyclic) bond motifs is 1. The van der Waals surface area contributed by atoms with E-state index in [0.29, 0.717) is 36.4 Å². The Hall–Kier alpha value is -1.88. The van der Waals surface area contributed by atoms with Gasteiger partial charge in [0.1, 0.15) is 11.6 Å². The highest BCUT2D eigenvalue weighted by Gasteiger charge is 2.49. The smallest absolute Gasteiger partial charge is 0.158 e. The monoisotopic (exact) mass is 361 g/mol. The van der Waals surface area contributed by atoms with Gasteiger partial charge in [0.2, 0.25) is 0 Å². The normalized spacial score (nSPS) is 26.4. The van der Waals surface area contributed by atoms with Gasteiger partial charge in [0.15, 0.2) is 5.78 Å². The van der Waals surface area contributed by atoms with Crippen LogP contribution < -0.4 is 10.5 Å². The Morgan fingerprint density at radius 3 is 2.92 bits per heavy atom. The van der Waals surface area contributed by atoms with Crippen molar-refractivity contribution >= 4 is 11.5 Å². The van der Waals surface area contributed by atoms with Crippen LogP contribution in [0.5, 0.6) is 5.75 Å². The number of nitrogen functional groups attached to an aromatic ring is 1. The minimum Gasteiger partial charge on any atom is -0.494 e. The lowest BCUT2D eigenvalue weighted by atomic mass is 9.68. The minimum atomic E-state index is -0.463. The zero-order valence-corrected chi connectivity index (χ0v) is 15.8. The highest BCUT2D eigenvalue weighted by Crippen LogP contribution is 2.47. The molecular formula is C21H28FNO3. The molecule has 5 heteroatoms. The second-order valence-electron chi connectivity index (χ2n) is 7.54. The second-order valence-corrected chi connectivity index (χ2v) is 7.54. The first-order valence-corrected chi connectivity index (χ1v) is 9.42. The molecule has 0 aromatic heterocycles. The topological polar surface area (TPSA) is 61.6 Å². The fourth-order valence-corrected chi connectivity index (χ4v) is 4.49. The Labute approximate surface area is 154 Å². The lowest BCUT2D eigenvalue weighted by molar-refractivity contribution is -0.123. The Balaban J connectivity index is 1.88. The molecule has 0 amide bonds. The van der Waals surface area contributed by atoms with Gasteiger partial charge in [-0.25, -0.2) is 4.39 Å². The summed E-state index contributed by atoms with van der Waals surface area (Å²) in [4.78, 5) is 12.4. The van der Waals surface area contributed by atoms with Gasteiger partial charge in [-0.05, 0) is 54.9 Å². The molecule has 2 N–H and O–H groups in total. The lowest BCUT2D eigenvalue weighted by Gasteiger charge is -2.41. The quantitative estimate of drug-likeness (QED) is 0.776. The first-order valence-electron chi connectivity index (χ1n) is 9.42. The van der Waals surface area contributed by atoms with Crippen LogP contribution in [0.3, 0.4) is 0 Å². The average Bonchev–Trinajstić information content (AvgIpc) is 3.02. The Kier molecular flexibility index (Phi) is 5.37. The molecule has 0 saturated carbocycles. The van der Waals surface area contributed by atoms with E-state index in [1.165, 1.54) is 13.2 Å². The van der Waals surface area contributed by atoms with Crippen LogP contribution in [-0.4, -0.2) is 25.1 Å². The Morgan fingerprint density at radius 2 is 2.23 bits per heavy atom. The van der Waals surface area contributed by atoms with Crippen molar-refractivity contribution in [3.63, 3.8) is 0 Å². The number of halogens is 1. The van der Waals surface area contributed by atoms with Gasteiger partial charge < -0.3 is 15.2 Å². The molecule has 1 aliphatic heterocycles. The fourth-order valence-electron chi connectivity index (χ4n) is 4.49. The third kappa shape index (κ3) is 3.25. The maximum Gasteiger partial charge on any atom is 0.158 e. The lowest BCUT2D eigenvalue weighted by Crippen LogP contribution is -2.44. The van der Waals surface area contributed by atoms with Crippen LogP contribution in [0.15, 0.2) is 23.8 Å². The predicted molar refractivity (Wildman–Crippen MR) is 99.6 cm³/mol. The summed E-state index contributed by atoms with van der Waals surface area (Å²) in [6.07, 6.45) is 5.61. The van der Waals surface area contributed by atoms with E-state index in [2.05, 4.69) is 13.8 Å². The zero-order chi connectivity index (χ0) is 18.9. The first-order chi connectivity index (χ1) is 12.4. The van der Waals surface area contributed by atoms with Gasteiger partial charge in [0.25, 0.3) is 0 Å². The molecule has 2 aliphatic rings. The van der Waals surface area contributed by atoms with Gasteiger partial charge in [-0.3, -0.25) is 4.79 Å². The average molecular weight is 361 g/mol. The molecule has 26 heavy (non-hydrogen) atoms. The number of methoxy groups -OCH3 is 1. The van der Waals surface area contributed by atoms with Crippen LogP contribution >= 0.6 is 0 Å². The van der Waals surface area contributed by atoms with E-state index in [0.717, 1.165) is 24.8 Å². The van der Waals surface area contributed by atoms with E-state index in [9.17, 15) is 9.18 Å². The maximum absolute atomic E-state index is 14.5. The van der Waals surface area contributed by atoms with Crippen LogP contribution in [0.2, 0.25) is 0 Å². The molecule has 1 heterocycles. The van der Waals surface area contributed by atoms with E-state index >= 15 is 0 Å². The summed E-state index contributed by atoms with van der Waals surface area (Å²) in [6.45, 7) is 4.79. The van der Waals surface area contributed by atoms with Gasteiger partial charge in [0, 0.05) is 12.0 Å². The molecule has 142 valence electrons. The van der Waals surface area contributed by atoms with Crippen LogP contribution in [0, 0.1) is 17.7 Å². The molecule has 0 spiro atoms. The summed E-state index contributed by atoms with van der Waals surface area (Å²) < 4.78 is 25.8. The van der Waals surface area contributed by atoms with Crippen molar-refractivity contribution in [3.8, 4) is 5.75 Å². The van der Waals surface area contributed by atoms with E-state index in [1.807, 2.05) is 0 Å². The standard InChI is InChI=1S/C21H28FNO3/c1-4-5-14-12-21(16(6-7-26-21)10-19(14)24)13(2)8-15-9-18(23)20(25-3)11-17(15)22/h9-11,13-14H,4-8,12,23H2,1-3H3/t13?,14-,21+/m0/s1. The highest BCUT2D eigenvalue weighted by atomic mass is 19.1.